The Morgan fingerprint density at radius 2 is 1.90 bits per heavy atom. The number of amides is 1. The Hall–Kier alpha value is -2.36. The molecule has 6 heteroatoms. The van der Waals surface area contributed by atoms with Crippen LogP contribution in [0.5, 0.6) is 0 Å². The molecule has 29 heavy (non-hydrogen) atoms. The first-order valence-corrected chi connectivity index (χ1v) is 11.2. The third-order valence-electron chi connectivity index (χ3n) is 6.78. The Morgan fingerprint density at radius 1 is 1.21 bits per heavy atom. The monoisotopic (exact) mass is 410 g/mol. The molecule has 0 N–H and O–H groups in total. The Bertz CT molecular complexity index is 870. The van der Waals surface area contributed by atoms with E-state index in [0.717, 1.165) is 27.9 Å². The number of hydrogen-bond acceptors (Lipinski definition) is 4. The summed E-state index contributed by atoms with van der Waals surface area (Å²) < 4.78 is 6.94. The number of hydrogen-bond donors (Lipinski definition) is 0. The fraction of sp³-hybridized carbons (Fsp3) is 0.478. The van der Waals surface area contributed by atoms with Gasteiger partial charge in [0.15, 0.2) is 0 Å². The number of rotatable bonds is 5. The van der Waals surface area contributed by atoms with Crippen LogP contribution < -0.4 is 4.90 Å². The summed E-state index contributed by atoms with van der Waals surface area (Å²) in [6.07, 6.45) is 4.59. The SMILES string of the molecule is C[N+]1(C)[C@@H]2CC[C@H]1CC(COC(=O)N(Cc1ccc(C#N)cc1)c1cccs1)C2. The number of thiophene rings is 1. The van der Waals surface area contributed by atoms with Crippen LogP contribution in [0.15, 0.2) is 41.8 Å². The second-order valence-corrected chi connectivity index (χ2v) is 9.70. The van der Waals surface area contributed by atoms with Crippen molar-refractivity contribution >= 4 is 22.4 Å². The average Bonchev–Trinajstić information content (AvgIpc) is 3.26. The lowest BCUT2D eigenvalue weighted by atomic mass is 9.90. The van der Waals surface area contributed by atoms with Crippen LogP contribution in [0.1, 0.15) is 36.8 Å². The largest absolute Gasteiger partial charge is 0.449 e. The molecular weight excluding hydrogens is 382 g/mol. The van der Waals surface area contributed by atoms with Crippen molar-refractivity contribution in [3.05, 3.63) is 52.9 Å². The zero-order valence-corrected chi connectivity index (χ0v) is 17.9. The summed E-state index contributed by atoms with van der Waals surface area (Å²) in [6.45, 7) is 0.936. The molecule has 2 aliphatic rings. The molecule has 2 fully saturated rings. The second-order valence-electron chi connectivity index (χ2n) is 8.77. The van der Waals surface area contributed by atoms with Crippen molar-refractivity contribution in [3.8, 4) is 6.07 Å². The summed E-state index contributed by atoms with van der Waals surface area (Å²) in [5.41, 5.74) is 1.59. The van der Waals surface area contributed by atoms with Gasteiger partial charge in [-0.1, -0.05) is 12.1 Å². The van der Waals surface area contributed by atoms with Crippen LogP contribution >= 0.6 is 11.3 Å². The molecule has 2 aliphatic heterocycles. The minimum Gasteiger partial charge on any atom is -0.449 e. The number of quaternary nitrogens is 1. The molecule has 2 aromatic rings. The van der Waals surface area contributed by atoms with Crippen molar-refractivity contribution in [3.63, 3.8) is 0 Å². The molecule has 1 aromatic heterocycles. The smallest absolute Gasteiger partial charge is 0.415 e. The molecule has 4 rings (SSSR count). The van der Waals surface area contributed by atoms with Crippen LogP contribution in [0.2, 0.25) is 0 Å². The zero-order valence-electron chi connectivity index (χ0n) is 17.1. The predicted molar refractivity (Wildman–Crippen MR) is 115 cm³/mol. The molecule has 2 saturated heterocycles. The maximum Gasteiger partial charge on any atom is 0.415 e. The highest BCUT2D eigenvalue weighted by Crippen LogP contribution is 2.42. The van der Waals surface area contributed by atoms with E-state index < -0.39 is 0 Å². The lowest BCUT2D eigenvalue weighted by molar-refractivity contribution is -0.931. The van der Waals surface area contributed by atoms with E-state index in [1.165, 1.54) is 24.2 Å². The van der Waals surface area contributed by atoms with Gasteiger partial charge in [0.05, 0.1) is 51.0 Å². The van der Waals surface area contributed by atoms with Crippen molar-refractivity contribution in [2.45, 2.75) is 44.3 Å². The van der Waals surface area contributed by atoms with Gasteiger partial charge >= 0.3 is 6.09 Å². The highest BCUT2D eigenvalue weighted by molar-refractivity contribution is 7.14. The Kier molecular flexibility index (Phi) is 5.62. The van der Waals surface area contributed by atoms with Crippen LogP contribution in [0.25, 0.3) is 0 Å². The van der Waals surface area contributed by atoms with Gasteiger partial charge in [-0.2, -0.15) is 5.26 Å². The van der Waals surface area contributed by atoms with E-state index >= 15 is 0 Å². The van der Waals surface area contributed by atoms with Gasteiger partial charge in [0.1, 0.15) is 5.00 Å². The third-order valence-corrected chi connectivity index (χ3v) is 7.68. The number of benzene rings is 1. The number of nitrogens with zero attached hydrogens (tertiary/aromatic N) is 3. The maximum absolute atomic E-state index is 13.0. The van der Waals surface area contributed by atoms with E-state index in [4.69, 9.17) is 10.00 Å². The van der Waals surface area contributed by atoms with Gasteiger partial charge in [-0.25, -0.2) is 4.79 Å². The molecular formula is C23H28N3O2S+. The number of carbonyl (C=O) groups excluding carboxylic acids is 1. The molecule has 152 valence electrons. The fourth-order valence-corrected chi connectivity index (χ4v) is 5.64. The number of anilines is 1. The minimum atomic E-state index is -0.288. The minimum absolute atomic E-state index is 0.288. The molecule has 3 atom stereocenters. The molecule has 0 radical (unpaired) electrons. The topological polar surface area (TPSA) is 53.3 Å². The summed E-state index contributed by atoms with van der Waals surface area (Å²) in [5.74, 6) is 0.461. The second kappa shape index (κ2) is 8.17. The zero-order chi connectivity index (χ0) is 20.4. The molecule has 1 unspecified atom stereocenters. The molecule has 0 spiro atoms. The molecule has 2 bridgehead atoms. The summed E-state index contributed by atoms with van der Waals surface area (Å²) in [5, 5.41) is 11.8. The number of carbonyl (C=O) groups is 1. The van der Waals surface area contributed by atoms with Crippen LogP contribution in [0.3, 0.4) is 0 Å². The number of nitriles is 1. The van der Waals surface area contributed by atoms with E-state index in [9.17, 15) is 4.79 Å². The fourth-order valence-electron chi connectivity index (χ4n) is 4.92. The Labute approximate surface area is 176 Å². The normalized spacial score (nSPS) is 24.7. The average molecular weight is 411 g/mol. The van der Waals surface area contributed by atoms with E-state index in [1.54, 1.807) is 17.0 Å². The quantitative estimate of drug-likeness (QED) is 0.667. The van der Waals surface area contributed by atoms with E-state index in [2.05, 4.69) is 20.2 Å². The van der Waals surface area contributed by atoms with Crippen molar-refractivity contribution in [2.24, 2.45) is 5.92 Å². The maximum atomic E-state index is 13.0. The lowest BCUT2D eigenvalue weighted by Gasteiger charge is -2.44. The number of fused-ring (bicyclic) bond motifs is 2. The third kappa shape index (κ3) is 4.17. The molecule has 0 aliphatic carbocycles. The molecule has 1 amide bonds. The van der Waals surface area contributed by atoms with Gasteiger partial charge < -0.3 is 9.22 Å². The van der Waals surface area contributed by atoms with E-state index in [1.807, 2.05) is 29.6 Å². The summed E-state index contributed by atoms with van der Waals surface area (Å²) in [4.78, 5) is 14.7. The molecule has 0 saturated carbocycles. The Balaban J connectivity index is 1.40. The van der Waals surface area contributed by atoms with Crippen molar-refractivity contribution in [1.82, 2.24) is 0 Å². The first-order valence-electron chi connectivity index (χ1n) is 10.3. The molecule has 1 aromatic carbocycles. The van der Waals surface area contributed by atoms with Crippen molar-refractivity contribution in [2.75, 3.05) is 25.6 Å². The van der Waals surface area contributed by atoms with Crippen LogP contribution in [0, 0.1) is 17.2 Å². The van der Waals surface area contributed by atoms with Gasteiger partial charge in [-0.15, -0.1) is 11.3 Å². The van der Waals surface area contributed by atoms with Crippen molar-refractivity contribution in [1.29, 1.82) is 5.26 Å². The first kappa shape index (κ1) is 19.9. The first-order chi connectivity index (χ1) is 14.0. The molecule has 5 nitrogen and oxygen atoms in total. The number of ether oxygens (including phenoxy) is 1. The highest BCUT2D eigenvalue weighted by atomic mass is 32.1. The van der Waals surface area contributed by atoms with Gasteiger partial charge in [0, 0.05) is 31.6 Å². The van der Waals surface area contributed by atoms with Gasteiger partial charge in [0.2, 0.25) is 0 Å². The lowest BCUT2D eigenvalue weighted by Crippen LogP contribution is -2.55. The summed E-state index contributed by atoms with van der Waals surface area (Å²) in [7, 11) is 4.70. The molecule has 3 heterocycles. The van der Waals surface area contributed by atoms with Gasteiger partial charge in [-0.05, 0) is 35.2 Å². The van der Waals surface area contributed by atoms with E-state index in [-0.39, 0.29) is 6.09 Å². The van der Waals surface area contributed by atoms with Crippen LogP contribution in [0.4, 0.5) is 9.80 Å². The van der Waals surface area contributed by atoms with Crippen molar-refractivity contribution < 1.29 is 14.0 Å². The van der Waals surface area contributed by atoms with E-state index in [0.29, 0.717) is 36.7 Å². The predicted octanol–water partition coefficient (Wildman–Crippen LogP) is 4.78. The Morgan fingerprint density at radius 3 is 2.48 bits per heavy atom. The highest BCUT2D eigenvalue weighted by Gasteiger charge is 2.49. The summed E-state index contributed by atoms with van der Waals surface area (Å²) in [6, 6.07) is 14.8. The van der Waals surface area contributed by atoms with Gasteiger partial charge in [0.25, 0.3) is 0 Å². The number of piperidine rings is 1. The summed E-state index contributed by atoms with van der Waals surface area (Å²) >= 11 is 1.53. The van der Waals surface area contributed by atoms with Crippen LogP contribution in [-0.2, 0) is 11.3 Å². The van der Waals surface area contributed by atoms with Gasteiger partial charge in [-0.3, -0.25) is 4.90 Å². The van der Waals surface area contributed by atoms with Crippen LogP contribution in [-0.4, -0.2) is 43.4 Å². The standard InChI is InChI=1S/C23H28N3O2S/c1-26(2)20-9-10-21(26)13-19(12-20)16-28-23(27)25(22-4-3-11-29-22)15-18-7-5-17(14-24)6-8-18/h3-8,11,19-21H,9-10,12-13,15-16H2,1-2H3/q+1/t19?,20-,21+.